The number of nitrogens with zero attached hydrogens (tertiary/aromatic N) is 1. The van der Waals surface area contributed by atoms with E-state index in [2.05, 4.69) is 0 Å². The Balaban J connectivity index is 2.15. The van der Waals surface area contributed by atoms with E-state index in [0.29, 0.717) is 18.7 Å². The topological polar surface area (TPSA) is 63.4 Å². The van der Waals surface area contributed by atoms with Crippen molar-refractivity contribution >= 4 is 21.6 Å². The SMILES string of the molecule is CC1CN(S(=O)(=O)Cc2ccc(F)c(Cl)c2)CC1N. The van der Waals surface area contributed by atoms with Crippen molar-refractivity contribution in [1.82, 2.24) is 4.31 Å². The van der Waals surface area contributed by atoms with E-state index in [9.17, 15) is 12.8 Å². The molecule has 2 atom stereocenters. The van der Waals surface area contributed by atoms with Gasteiger partial charge in [0.25, 0.3) is 0 Å². The molecule has 1 aromatic rings. The molecule has 1 heterocycles. The lowest BCUT2D eigenvalue weighted by Crippen LogP contribution is -2.33. The standard InChI is InChI=1S/C12H16ClFN2O2S/c1-8-5-16(6-12(8)15)19(17,18)7-9-2-3-11(14)10(13)4-9/h2-4,8,12H,5-7,15H2,1H3. The zero-order valence-corrected chi connectivity index (χ0v) is 12.1. The van der Waals surface area contributed by atoms with Crippen molar-refractivity contribution in [2.24, 2.45) is 11.7 Å². The molecule has 0 radical (unpaired) electrons. The Morgan fingerprint density at radius 1 is 1.47 bits per heavy atom. The Morgan fingerprint density at radius 3 is 2.68 bits per heavy atom. The van der Waals surface area contributed by atoms with Gasteiger partial charge in [0.2, 0.25) is 10.0 Å². The summed E-state index contributed by atoms with van der Waals surface area (Å²) in [6.45, 7) is 2.69. The number of benzene rings is 1. The first-order chi connectivity index (χ1) is 8.79. The van der Waals surface area contributed by atoms with E-state index in [1.807, 2.05) is 6.92 Å². The minimum atomic E-state index is -3.44. The molecule has 1 saturated heterocycles. The maximum Gasteiger partial charge on any atom is 0.218 e. The molecule has 1 fully saturated rings. The van der Waals surface area contributed by atoms with Crippen LogP contribution in [0.4, 0.5) is 4.39 Å². The predicted octanol–water partition coefficient (Wildman–Crippen LogP) is 1.59. The van der Waals surface area contributed by atoms with Crippen LogP contribution in [-0.4, -0.2) is 31.9 Å². The Morgan fingerprint density at radius 2 is 2.16 bits per heavy atom. The summed E-state index contributed by atoms with van der Waals surface area (Å²) < 4.78 is 38.9. The summed E-state index contributed by atoms with van der Waals surface area (Å²) in [6, 6.07) is 3.81. The van der Waals surface area contributed by atoms with E-state index >= 15 is 0 Å². The van der Waals surface area contributed by atoms with Crippen molar-refractivity contribution < 1.29 is 12.8 Å². The van der Waals surface area contributed by atoms with Crippen molar-refractivity contribution in [2.75, 3.05) is 13.1 Å². The highest BCUT2D eigenvalue weighted by molar-refractivity contribution is 7.88. The largest absolute Gasteiger partial charge is 0.326 e. The maximum atomic E-state index is 13.0. The van der Waals surface area contributed by atoms with Gasteiger partial charge in [-0.3, -0.25) is 0 Å². The van der Waals surface area contributed by atoms with Gasteiger partial charge in [-0.25, -0.2) is 12.8 Å². The normalized spacial score (nSPS) is 24.8. The number of hydrogen-bond acceptors (Lipinski definition) is 3. The molecule has 1 aliphatic rings. The molecule has 106 valence electrons. The van der Waals surface area contributed by atoms with Crippen LogP contribution in [0.25, 0.3) is 0 Å². The zero-order valence-electron chi connectivity index (χ0n) is 10.5. The van der Waals surface area contributed by atoms with E-state index in [-0.39, 0.29) is 22.7 Å². The predicted molar refractivity (Wildman–Crippen MR) is 72.7 cm³/mol. The fourth-order valence-corrected chi connectivity index (χ4v) is 3.95. The van der Waals surface area contributed by atoms with Crippen LogP contribution in [0.2, 0.25) is 5.02 Å². The molecule has 2 rings (SSSR count). The van der Waals surface area contributed by atoms with Crippen LogP contribution in [-0.2, 0) is 15.8 Å². The molecule has 0 spiro atoms. The second-order valence-electron chi connectivity index (χ2n) is 4.96. The summed E-state index contributed by atoms with van der Waals surface area (Å²) in [6.07, 6.45) is 0. The van der Waals surface area contributed by atoms with Crippen LogP contribution >= 0.6 is 11.6 Å². The fourth-order valence-electron chi connectivity index (χ4n) is 2.10. The van der Waals surface area contributed by atoms with Crippen molar-refractivity contribution in [3.8, 4) is 0 Å². The second-order valence-corrected chi connectivity index (χ2v) is 7.34. The van der Waals surface area contributed by atoms with E-state index in [4.69, 9.17) is 17.3 Å². The number of halogens is 2. The number of hydrogen-bond donors (Lipinski definition) is 1. The van der Waals surface area contributed by atoms with Crippen LogP contribution in [0, 0.1) is 11.7 Å². The zero-order chi connectivity index (χ0) is 14.2. The van der Waals surface area contributed by atoms with E-state index in [1.54, 1.807) is 0 Å². The summed E-state index contributed by atoms with van der Waals surface area (Å²) in [4.78, 5) is 0. The van der Waals surface area contributed by atoms with Crippen LogP contribution in [0.15, 0.2) is 18.2 Å². The number of rotatable bonds is 3. The lowest BCUT2D eigenvalue weighted by atomic mass is 10.1. The smallest absolute Gasteiger partial charge is 0.218 e. The molecule has 2 N–H and O–H groups in total. The molecule has 0 aliphatic carbocycles. The molecule has 2 unspecified atom stereocenters. The highest BCUT2D eigenvalue weighted by Crippen LogP contribution is 2.22. The Bertz CT molecular complexity index is 569. The third-order valence-corrected chi connectivity index (χ3v) is 5.44. The number of sulfonamides is 1. The second kappa shape index (κ2) is 5.36. The molecular formula is C12H16ClFN2O2S. The van der Waals surface area contributed by atoms with Gasteiger partial charge < -0.3 is 5.73 Å². The molecule has 1 aromatic carbocycles. The molecule has 0 aromatic heterocycles. The maximum absolute atomic E-state index is 13.0. The Kier molecular flexibility index (Phi) is 4.15. The molecule has 0 bridgehead atoms. The van der Waals surface area contributed by atoms with E-state index < -0.39 is 15.8 Å². The average Bonchev–Trinajstić information content (AvgIpc) is 2.65. The first kappa shape index (κ1) is 14.7. The molecule has 19 heavy (non-hydrogen) atoms. The van der Waals surface area contributed by atoms with E-state index in [1.165, 1.54) is 22.5 Å². The Hall–Kier alpha value is -0.690. The summed E-state index contributed by atoms with van der Waals surface area (Å²) in [5.74, 6) is -0.599. The van der Waals surface area contributed by atoms with Gasteiger partial charge >= 0.3 is 0 Å². The van der Waals surface area contributed by atoms with Gasteiger partial charge in [0.15, 0.2) is 0 Å². The molecule has 0 amide bonds. The van der Waals surface area contributed by atoms with Gasteiger partial charge in [-0.15, -0.1) is 0 Å². The van der Waals surface area contributed by atoms with Crippen LogP contribution in [0.3, 0.4) is 0 Å². The van der Waals surface area contributed by atoms with Gasteiger partial charge in [-0.05, 0) is 23.6 Å². The van der Waals surface area contributed by atoms with Crippen molar-refractivity contribution in [1.29, 1.82) is 0 Å². The first-order valence-electron chi connectivity index (χ1n) is 5.97. The van der Waals surface area contributed by atoms with Crippen LogP contribution < -0.4 is 5.73 Å². The van der Waals surface area contributed by atoms with Crippen molar-refractivity contribution in [3.05, 3.63) is 34.6 Å². The molecule has 7 heteroatoms. The minimum Gasteiger partial charge on any atom is -0.326 e. The van der Waals surface area contributed by atoms with Crippen molar-refractivity contribution in [3.63, 3.8) is 0 Å². The molecular weight excluding hydrogens is 291 g/mol. The fraction of sp³-hybridized carbons (Fsp3) is 0.500. The highest BCUT2D eigenvalue weighted by atomic mass is 35.5. The summed E-state index contributed by atoms with van der Waals surface area (Å²) in [7, 11) is -3.44. The molecule has 0 saturated carbocycles. The van der Waals surface area contributed by atoms with Crippen molar-refractivity contribution in [2.45, 2.75) is 18.7 Å². The average molecular weight is 307 g/mol. The minimum absolute atomic E-state index is 0.0702. The Labute approximate surface area is 117 Å². The quantitative estimate of drug-likeness (QED) is 0.922. The monoisotopic (exact) mass is 306 g/mol. The lowest BCUT2D eigenvalue weighted by molar-refractivity contribution is 0.463. The third kappa shape index (κ3) is 3.25. The lowest BCUT2D eigenvalue weighted by Gasteiger charge is -2.16. The molecule has 4 nitrogen and oxygen atoms in total. The van der Waals surface area contributed by atoms with Gasteiger partial charge in [-0.1, -0.05) is 24.6 Å². The van der Waals surface area contributed by atoms with Gasteiger partial charge in [0.05, 0.1) is 10.8 Å². The first-order valence-corrected chi connectivity index (χ1v) is 7.95. The van der Waals surface area contributed by atoms with Gasteiger partial charge in [0, 0.05) is 19.1 Å². The van der Waals surface area contributed by atoms with Crippen LogP contribution in [0.5, 0.6) is 0 Å². The summed E-state index contributed by atoms with van der Waals surface area (Å²) in [5.41, 5.74) is 6.30. The third-order valence-electron chi connectivity index (χ3n) is 3.36. The summed E-state index contributed by atoms with van der Waals surface area (Å²) in [5, 5.41) is -0.0702. The van der Waals surface area contributed by atoms with Gasteiger partial charge in [-0.2, -0.15) is 4.31 Å². The molecule has 1 aliphatic heterocycles. The van der Waals surface area contributed by atoms with Crippen LogP contribution in [0.1, 0.15) is 12.5 Å². The highest BCUT2D eigenvalue weighted by Gasteiger charge is 2.34. The van der Waals surface area contributed by atoms with Gasteiger partial charge in [0.1, 0.15) is 5.82 Å². The number of nitrogens with two attached hydrogens (primary N) is 1. The summed E-state index contributed by atoms with van der Waals surface area (Å²) >= 11 is 5.65. The van der Waals surface area contributed by atoms with E-state index in [0.717, 1.165) is 0 Å².